The van der Waals surface area contributed by atoms with Crippen LogP contribution >= 0.6 is 11.6 Å². The number of aryl methyl sites for hydroxylation is 1. The van der Waals surface area contributed by atoms with Crippen molar-refractivity contribution in [1.29, 1.82) is 0 Å². The summed E-state index contributed by atoms with van der Waals surface area (Å²) in [5.74, 6) is 0.631. The normalized spacial score (nSPS) is 12.2. The van der Waals surface area contributed by atoms with Crippen LogP contribution in [0.3, 0.4) is 0 Å². The number of ether oxygens (including phenoxy) is 1. The second-order valence-electron chi connectivity index (χ2n) is 4.79. The Morgan fingerprint density at radius 1 is 1.15 bits per heavy atom. The first-order valence-electron chi connectivity index (χ1n) is 6.76. The van der Waals surface area contributed by atoms with Crippen LogP contribution in [0, 0.1) is 0 Å². The predicted octanol–water partition coefficient (Wildman–Crippen LogP) is 4.40. The van der Waals surface area contributed by atoms with Gasteiger partial charge in [-0.25, -0.2) is 0 Å². The van der Waals surface area contributed by atoms with Gasteiger partial charge in [0.15, 0.2) is 0 Å². The number of aliphatic hydroxyl groups excluding tert-OH is 1. The Kier molecular flexibility index (Phi) is 5.45. The van der Waals surface area contributed by atoms with Crippen molar-refractivity contribution < 1.29 is 9.84 Å². The van der Waals surface area contributed by atoms with Crippen LogP contribution in [0.15, 0.2) is 48.5 Å². The Morgan fingerprint density at radius 2 is 1.90 bits per heavy atom. The van der Waals surface area contributed by atoms with Gasteiger partial charge in [0.1, 0.15) is 5.75 Å². The van der Waals surface area contributed by atoms with Crippen molar-refractivity contribution in [3.63, 3.8) is 0 Å². The molecule has 0 heterocycles. The highest BCUT2D eigenvalue weighted by atomic mass is 35.5. The monoisotopic (exact) mass is 290 g/mol. The van der Waals surface area contributed by atoms with Crippen LogP contribution in [-0.4, -0.2) is 12.2 Å². The lowest BCUT2D eigenvalue weighted by Gasteiger charge is -2.12. The molecule has 0 spiro atoms. The first kappa shape index (κ1) is 14.9. The fourth-order valence-electron chi connectivity index (χ4n) is 2.20. The van der Waals surface area contributed by atoms with Crippen molar-refractivity contribution in [3.8, 4) is 5.75 Å². The van der Waals surface area contributed by atoms with E-state index in [1.807, 2.05) is 24.3 Å². The molecule has 106 valence electrons. The van der Waals surface area contributed by atoms with E-state index < -0.39 is 6.10 Å². The molecular formula is C17H19ClO2. The number of aliphatic hydroxyl groups is 1. The minimum atomic E-state index is -0.484. The Labute approximate surface area is 125 Å². The quantitative estimate of drug-likeness (QED) is 0.854. The van der Waals surface area contributed by atoms with Crippen molar-refractivity contribution in [2.45, 2.75) is 25.4 Å². The molecule has 3 heteroatoms. The van der Waals surface area contributed by atoms with Gasteiger partial charge in [0, 0.05) is 0 Å². The van der Waals surface area contributed by atoms with E-state index in [0.29, 0.717) is 10.8 Å². The number of methoxy groups -OCH3 is 1. The van der Waals surface area contributed by atoms with Crippen LogP contribution in [0.4, 0.5) is 0 Å². The highest BCUT2D eigenvalue weighted by Gasteiger charge is 2.10. The summed E-state index contributed by atoms with van der Waals surface area (Å²) in [4.78, 5) is 0. The third-order valence-corrected chi connectivity index (χ3v) is 3.64. The molecule has 2 rings (SSSR count). The van der Waals surface area contributed by atoms with Crippen molar-refractivity contribution in [2.75, 3.05) is 7.11 Å². The third kappa shape index (κ3) is 3.99. The van der Waals surface area contributed by atoms with Gasteiger partial charge < -0.3 is 9.84 Å². The van der Waals surface area contributed by atoms with Crippen molar-refractivity contribution >= 4 is 11.6 Å². The molecule has 0 aliphatic carbocycles. The van der Waals surface area contributed by atoms with Crippen molar-refractivity contribution in [3.05, 3.63) is 64.7 Å². The average molecular weight is 291 g/mol. The molecule has 2 nitrogen and oxygen atoms in total. The minimum Gasteiger partial charge on any atom is -0.495 e. The fourth-order valence-corrected chi connectivity index (χ4v) is 2.47. The largest absolute Gasteiger partial charge is 0.495 e. The van der Waals surface area contributed by atoms with E-state index in [4.69, 9.17) is 16.3 Å². The summed E-state index contributed by atoms with van der Waals surface area (Å²) in [5.41, 5.74) is 2.14. The lowest BCUT2D eigenvalue weighted by Crippen LogP contribution is -1.99. The second-order valence-corrected chi connectivity index (χ2v) is 5.19. The van der Waals surface area contributed by atoms with Gasteiger partial charge >= 0.3 is 0 Å². The second kappa shape index (κ2) is 7.32. The first-order chi connectivity index (χ1) is 9.70. The zero-order valence-electron chi connectivity index (χ0n) is 11.6. The maximum atomic E-state index is 10.2. The Hall–Kier alpha value is -1.51. The SMILES string of the molecule is COc1ccc(C(O)CCCc2ccccc2)cc1Cl. The molecule has 0 saturated heterocycles. The predicted molar refractivity (Wildman–Crippen MR) is 82.3 cm³/mol. The standard InChI is InChI=1S/C17H19ClO2/c1-20-17-11-10-14(12-15(17)18)16(19)9-5-8-13-6-3-2-4-7-13/h2-4,6-7,10-12,16,19H,5,8-9H2,1H3. The maximum absolute atomic E-state index is 10.2. The molecule has 0 aromatic heterocycles. The molecule has 2 aromatic carbocycles. The summed E-state index contributed by atoms with van der Waals surface area (Å²) in [6, 6.07) is 15.7. The van der Waals surface area contributed by atoms with Gasteiger partial charge in [0.2, 0.25) is 0 Å². The van der Waals surface area contributed by atoms with Crippen LogP contribution < -0.4 is 4.74 Å². The molecule has 0 bridgehead atoms. The van der Waals surface area contributed by atoms with Crippen molar-refractivity contribution in [1.82, 2.24) is 0 Å². The Balaban J connectivity index is 1.88. The van der Waals surface area contributed by atoms with Crippen molar-refractivity contribution in [2.24, 2.45) is 0 Å². The summed E-state index contributed by atoms with van der Waals surface area (Å²) >= 11 is 6.07. The molecule has 1 atom stereocenters. The maximum Gasteiger partial charge on any atom is 0.137 e. The molecule has 2 aromatic rings. The molecule has 1 unspecified atom stereocenters. The van der Waals surface area contributed by atoms with Gasteiger partial charge in [-0.2, -0.15) is 0 Å². The molecule has 0 saturated carbocycles. The lowest BCUT2D eigenvalue weighted by atomic mass is 10.0. The summed E-state index contributed by atoms with van der Waals surface area (Å²) in [6.45, 7) is 0. The summed E-state index contributed by atoms with van der Waals surface area (Å²) in [6.07, 6.45) is 2.15. The topological polar surface area (TPSA) is 29.5 Å². The summed E-state index contributed by atoms with van der Waals surface area (Å²) in [5, 5.41) is 10.7. The van der Waals surface area contributed by atoms with E-state index in [1.54, 1.807) is 19.2 Å². The van der Waals surface area contributed by atoms with Crippen LogP contribution in [-0.2, 0) is 6.42 Å². The first-order valence-corrected chi connectivity index (χ1v) is 7.14. The van der Waals surface area contributed by atoms with Gasteiger partial charge in [-0.1, -0.05) is 48.0 Å². The molecule has 0 amide bonds. The molecule has 0 radical (unpaired) electrons. The van der Waals surface area contributed by atoms with E-state index in [1.165, 1.54) is 5.56 Å². The van der Waals surface area contributed by atoms with E-state index in [9.17, 15) is 5.11 Å². The highest BCUT2D eigenvalue weighted by Crippen LogP contribution is 2.29. The zero-order chi connectivity index (χ0) is 14.4. The van der Waals surface area contributed by atoms with Gasteiger partial charge in [-0.15, -0.1) is 0 Å². The van der Waals surface area contributed by atoms with Gasteiger partial charge in [0.05, 0.1) is 18.2 Å². The van der Waals surface area contributed by atoms with Gasteiger partial charge in [0.25, 0.3) is 0 Å². The third-order valence-electron chi connectivity index (χ3n) is 3.35. The number of halogens is 1. The molecule has 0 fully saturated rings. The van der Waals surface area contributed by atoms with Crippen LogP contribution in [0.2, 0.25) is 5.02 Å². The molecule has 0 aliphatic rings. The Morgan fingerprint density at radius 3 is 2.55 bits per heavy atom. The number of hydrogen-bond acceptors (Lipinski definition) is 2. The highest BCUT2D eigenvalue weighted by molar-refractivity contribution is 6.32. The van der Waals surface area contributed by atoms with Gasteiger partial charge in [-0.05, 0) is 42.5 Å². The zero-order valence-corrected chi connectivity index (χ0v) is 12.3. The number of hydrogen-bond donors (Lipinski definition) is 1. The molecular weight excluding hydrogens is 272 g/mol. The molecule has 0 aliphatic heterocycles. The summed E-state index contributed by atoms with van der Waals surface area (Å²) < 4.78 is 5.11. The van der Waals surface area contributed by atoms with Gasteiger partial charge in [-0.3, -0.25) is 0 Å². The van der Waals surface area contributed by atoms with Crippen LogP contribution in [0.25, 0.3) is 0 Å². The van der Waals surface area contributed by atoms with E-state index in [-0.39, 0.29) is 0 Å². The minimum absolute atomic E-state index is 0.484. The lowest BCUT2D eigenvalue weighted by molar-refractivity contribution is 0.164. The number of rotatable bonds is 6. The molecule has 1 N–H and O–H groups in total. The number of benzene rings is 2. The smallest absolute Gasteiger partial charge is 0.137 e. The van der Waals surface area contributed by atoms with E-state index in [0.717, 1.165) is 24.8 Å². The summed E-state index contributed by atoms with van der Waals surface area (Å²) in [7, 11) is 1.58. The van der Waals surface area contributed by atoms with E-state index >= 15 is 0 Å². The Bertz CT molecular complexity index is 540. The van der Waals surface area contributed by atoms with Crippen LogP contribution in [0.5, 0.6) is 5.75 Å². The fraction of sp³-hybridized carbons (Fsp3) is 0.294. The molecule has 20 heavy (non-hydrogen) atoms. The van der Waals surface area contributed by atoms with E-state index in [2.05, 4.69) is 12.1 Å². The van der Waals surface area contributed by atoms with Crippen LogP contribution in [0.1, 0.15) is 30.1 Å². The average Bonchev–Trinajstić information content (AvgIpc) is 2.48.